The standard InChI is InChI=1S/C6H11F2N/c1-2-3-5(9)4-6(7)8/h2,5-6H,1,3-4,9H2. The lowest BCUT2D eigenvalue weighted by atomic mass is 10.1. The van der Waals surface area contributed by atoms with Crippen LogP contribution in [0.1, 0.15) is 12.8 Å². The first-order chi connectivity index (χ1) is 4.16. The van der Waals surface area contributed by atoms with Crippen molar-refractivity contribution in [3.05, 3.63) is 12.7 Å². The van der Waals surface area contributed by atoms with Gasteiger partial charge in [0.1, 0.15) is 0 Å². The molecule has 0 aromatic rings. The molecule has 0 heterocycles. The molecule has 2 N–H and O–H groups in total. The summed E-state index contributed by atoms with van der Waals surface area (Å²) in [5, 5.41) is 0. The number of nitrogens with two attached hydrogens (primary N) is 1. The minimum absolute atomic E-state index is 0.230. The normalized spacial score (nSPS) is 13.8. The van der Waals surface area contributed by atoms with E-state index in [0.29, 0.717) is 6.42 Å². The van der Waals surface area contributed by atoms with Gasteiger partial charge in [0.15, 0.2) is 0 Å². The average molecular weight is 135 g/mol. The topological polar surface area (TPSA) is 26.0 Å². The van der Waals surface area contributed by atoms with Gasteiger partial charge in [0.2, 0.25) is 6.43 Å². The van der Waals surface area contributed by atoms with Gasteiger partial charge in [-0.05, 0) is 6.42 Å². The molecule has 0 aromatic carbocycles. The summed E-state index contributed by atoms with van der Waals surface area (Å²) < 4.78 is 23.0. The van der Waals surface area contributed by atoms with Crippen LogP contribution in [0.2, 0.25) is 0 Å². The van der Waals surface area contributed by atoms with Crippen LogP contribution in [0.5, 0.6) is 0 Å². The van der Waals surface area contributed by atoms with E-state index in [-0.39, 0.29) is 6.42 Å². The van der Waals surface area contributed by atoms with Crippen LogP contribution in [0.25, 0.3) is 0 Å². The van der Waals surface area contributed by atoms with Crippen molar-refractivity contribution in [2.24, 2.45) is 5.73 Å². The monoisotopic (exact) mass is 135 g/mol. The Bertz CT molecular complexity index is 83.1. The van der Waals surface area contributed by atoms with E-state index in [1.807, 2.05) is 0 Å². The van der Waals surface area contributed by atoms with Gasteiger partial charge in [-0.3, -0.25) is 0 Å². The first kappa shape index (κ1) is 8.56. The molecule has 0 aliphatic rings. The van der Waals surface area contributed by atoms with Crippen molar-refractivity contribution >= 4 is 0 Å². The van der Waals surface area contributed by atoms with Crippen LogP contribution >= 0.6 is 0 Å². The van der Waals surface area contributed by atoms with Crippen LogP contribution in [-0.4, -0.2) is 12.5 Å². The first-order valence-corrected chi connectivity index (χ1v) is 2.81. The van der Waals surface area contributed by atoms with Gasteiger partial charge in [-0.25, -0.2) is 8.78 Å². The zero-order chi connectivity index (χ0) is 7.28. The van der Waals surface area contributed by atoms with Crippen LogP contribution in [-0.2, 0) is 0 Å². The molecule has 1 atom stereocenters. The molecule has 0 aliphatic carbocycles. The fraction of sp³-hybridized carbons (Fsp3) is 0.667. The van der Waals surface area contributed by atoms with E-state index in [1.54, 1.807) is 6.08 Å². The number of hydrogen-bond acceptors (Lipinski definition) is 1. The predicted molar refractivity (Wildman–Crippen MR) is 33.4 cm³/mol. The van der Waals surface area contributed by atoms with E-state index >= 15 is 0 Å². The minimum atomic E-state index is -2.29. The van der Waals surface area contributed by atoms with E-state index in [4.69, 9.17) is 5.73 Å². The third kappa shape index (κ3) is 5.43. The van der Waals surface area contributed by atoms with Crippen molar-refractivity contribution in [3.8, 4) is 0 Å². The van der Waals surface area contributed by atoms with E-state index in [0.717, 1.165) is 0 Å². The number of hydrogen-bond donors (Lipinski definition) is 1. The van der Waals surface area contributed by atoms with E-state index in [1.165, 1.54) is 0 Å². The molecule has 1 unspecified atom stereocenters. The maximum atomic E-state index is 11.5. The lowest BCUT2D eigenvalue weighted by Crippen LogP contribution is -2.21. The minimum Gasteiger partial charge on any atom is -0.327 e. The van der Waals surface area contributed by atoms with Gasteiger partial charge in [-0.15, -0.1) is 6.58 Å². The largest absolute Gasteiger partial charge is 0.327 e. The molecule has 0 saturated carbocycles. The van der Waals surface area contributed by atoms with E-state index in [9.17, 15) is 8.78 Å². The highest BCUT2D eigenvalue weighted by atomic mass is 19.3. The smallest absolute Gasteiger partial charge is 0.240 e. The fourth-order valence-corrected chi connectivity index (χ4v) is 0.539. The molecule has 0 radical (unpaired) electrons. The molecule has 0 amide bonds. The Morgan fingerprint density at radius 1 is 1.56 bits per heavy atom. The highest BCUT2D eigenvalue weighted by molar-refractivity contribution is 4.75. The number of rotatable bonds is 4. The second-order valence-corrected chi connectivity index (χ2v) is 1.91. The molecular formula is C6H11F2N. The van der Waals surface area contributed by atoms with Crippen molar-refractivity contribution < 1.29 is 8.78 Å². The third-order valence-electron chi connectivity index (χ3n) is 0.950. The van der Waals surface area contributed by atoms with Crippen molar-refractivity contribution in [1.82, 2.24) is 0 Å². The molecule has 0 aliphatic heterocycles. The summed E-state index contributed by atoms with van der Waals surface area (Å²) >= 11 is 0. The summed E-state index contributed by atoms with van der Waals surface area (Å²) in [5.41, 5.74) is 5.23. The summed E-state index contributed by atoms with van der Waals surface area (Å²) in [6.07, 6.45) is -0.511. The fourth-order valence-electron chi connectivity index (χ4n) is 0.539. The Labute approximate surface area is 53.5 Å². The molecule has 54 valence electrons. The highest BCUT2D eigenvalue weighted by Crippen LogP contribution is 2.04. The Hall–Kier alpha value is -0.440. The van der Waals surface area contributed by atoms with Gasteiger partial charge in [-0.1, -0.05) is 6.08 Å². The second-order valence-electron chi connectivity index (χ2n) is 1.91. The Balaban J connectivity index is 3.25. The SMILES string of the molecule is C=CCC(N)CC(F)F. The molecule has 3 heteroatoms. The van der Waals surface area contributed by atoms with Gasteiger partial charge in [-0.2, -0.15) is 0 Å². The highest BCUT2D eigenvalue weighted by Gasteiger charge is 2.07. The Morgan fingerprint density at radius 3 is 2.44 bits per heavy atom. The molecule has 0 fully saturated rings. The van der Waals surface area contributed by atoms with Gasteiger partial charge in [0, 0.05) is 12.5 Å². The summed E-state index contributed by atoms with van der Waals surface area (Å²) in [7, 11) is 0. The van der Waals surface area contributed by atoms with Crippen LogP contribution in [0.15, 0.2) is 12.7 Å². The van der Waals surface area contributed by atoms with Gasteiger partial charge in [0.05, 0.1) is 0 Å². The van der Waals surface area contributed by atoms with Crippen LogP contribution in [0, 0.1) is 0 Å². The molecule has 9 heavy (non-hydrogen) atoms. The average Bonchev–Trinajstić information content (AvgIpc) is 1.63. The summed E-state index contributed by atoms with van der Waals surface area (Å²) in [5.74, 6) is 0. The summed E-state index contributed by atoms with van der Waals surface area (Å²) in [6.45, 7) is 3.38. The Kier molecular flexibility index (Phi) is 4.22. The molecular weight excluding hydrogens is 124 g/mol. The van der Waals surface area contributed by atoms with Crippen molar-refractivity contribution in [2.45, 2.75) is 25.3 Å². The quantitative estimate of drug-likeness (QED) is 0.581. The van der Waals surface area contributed by atoms with Crippen LogP contribution in [0.3, 0.4) is 0 Å². The Morgan fingerprint density at radius 2 is 2.11 bits per heavy atom. The molecule has 0 aromatic heterocycles. The maximum absolute atomic E-state index is 11.5. The predicted octanol–water partition coefficient (Wildman–Crippen LogP) is 1.54. The van der Waals surface area contributed by atoms with Crippen molar-refractivity contribution in [2.75, 3.05) is 0 Å². The summed E-state index contributed by atoms with van der Waals surface area (Å²) in [4.78, 5) is 0. The first-order valence-electron chi connectivity index (χ1n) is 2.81. The third-order valence-corrected chi connectivity index (χ3v) is 0.950. The van der Waals surface area contributed by atoms with Gasteiger partial charge >= 0.3 is 0 Å². The second kappa shape index (κ2) is 4.44. The molecule has 0 saturated heterocycles. The summed E-state index contributed by atoms with van der Waals surface area (Å²) in [6, 6.07) is -0.428. The maximum Gasteiger partial charge on any atom is 0.240 e. The van der Waals surface area contributed by atoms with E-state index < -0.39 is 12.5 Å². The van der Waals surface area contributed by atoms with Gasteiger partial charge in [0.25, 0.3) is 0 Å². The zero-order valence-electron chi connectivity index (χ0n) is 5.19. The van der Waals surface area contributed by atoms with Crippen LogP contribution < -0.4 is 5.73 Å². The van der Waals surface area contributed by atoms with Crippen molar-refractivity contribution in [3.63, 3.8) is 0 Å². The van der Waals surface area contributed by atoms with E-state index in [2.05, 4.69) is 6.58 Å². The number of halogens is 2. The lowest BCUT2D eigenvalue weighted by Gasteiger charge is -2.05. The molecule has 1 nitrogen and oxygen atoms in total. The molecule has 0 spiro atoms. The zero-order valence-corrected chi connectivity index (χ0v) is 5.19. The molecule has 0 bridgehead atoms. The molecule has 0 rings (SSSR count). The van der Waals surface area contributed by atoms with Gasteiger partial charge < -0.3 is 5.73 Å². The number of alkyl halides is 2. The lowest BCUT2D eigenvalue weighted by molar-refractivity contribution is 0.128. The van der Waals surface area contributed by atoms with Crippen molar-refractivity contribution in [1.29, 1.82) is 0 Å². The van der Waals surface area contributed by atoms with Crippen LogP contribution in [0.4, 0.5) is 8.78 Å².